The Balaban J connectivity index is 2.10. The number of nitrogens with zero attached hydrogens (tertiary/aromatic N) is 1. The minimum Gasteiger partial charge on any atom is -0.462 e. The molecule has 1 atom stereocenters. The van der Waals surface area contributed by atoms with Gasteiger partial charge in [0.05, 0.1) is 6.61 Å². The van der Waals surface area contributed by atoms with Crippen molar-refractivity contribution in [1.82, 2.24) is 4.90 Å². The quantitative estimate of drug-likeness (QED) is 0.504. The Morgan fingerprint density at radius 1 is 1.64 bits per heavy atom. The fraction of sp³-hybridized carbons (Fsp3) is 0.727. The van der Waals surface area contributed by atoms with E-state index >= 15 is 0 Å². The zero-order valence-electron chi connectivity index (χ0n) is 9.08. The van der Waals surface area contributed by atoms with Gasteiger partial charge in [0.25, 0.3) is 0 Å². The van der Waals surface area contributed by atoms with Crippen LogP contribution in [-0.4, -0.2) is 37.6 Å². The predicted molar refractivity (Wildman–Crippen MR) is 56.0 cm³/mol. The lowest BCUT2D eigenvalue weighted by Crippen LogP contribution is -2.15. The van der Waals surface area contributed by atoms with Gasteiger partial charge in [-0.3, -0.25) is 0 Å². The molecule has 3 nitrogen and oxygen atoms in total. The van der Waals surface area contributed by atoms with Gasteiger partial charge in [-0.2, -0.15) is 0 Å². The van der Waals surface area contributed by atoms with Gasteiger partial charge in [-0.05, 0) is 39.3 Å². The van der Waals surface area contributed by atoms with E-state index in [2.05, 4.69) is 18.5 Å². The van der Waals surface area contributed by atoms with Crippen LogP contribution < -0.4 is 0 Å². The average molecular weight is 197 g/mol. The molecule has 0 amide bonds. The van der Waals surface area contributed by atoms with E-state index in [-0.39, 0.29) is 5.97 Å². The van der Waals surface area contributed by atoms with Gasteiger partial charge in [-0.1, -0.05) is 6.58 Å². The second kappa shape index (κ2) is 5.15. The summed E-state index contributed by atoms with van der Waals surface area (Å²) in [5.74, 6) is 0.425. The molecule has 0 bridgehead atoms. The summed E-state index contributed by atoms with van der Waals surface area (Å²) in [5, 5.41) is 0. The van der Waals surface area contributed by atoms with Crippen molar-refractivity contribution in [2.75, 3.05) is 26.7 Å². The van der Waals surface area contributed by atoms with E-state index in [0.29, 0.717) is 18.1 Å². The highest BCUT2D eigenvalue weighted by atomic mass is 16.5. The van der Waals surface area contributed by atoms with Crippen molar-refractivity contribution in [3.8, 4) is 0 Å². The van der Waals surface area contributed by atoms with Crippen LogP contribution in [0.2, 0.25) is 0 Å². The summed E-state index contributed by atoms with van der Waals surface area (Å²) in [6.45, 7) is 8.03. The second-order valence-corrected chi connectivity index (χ2v) is 4.12. The van der Waals surface area contributed by atoms with Crippen LogP contribution in [0.25, 0.3) is 0 Å². The summed E-state index contributed by atoms with van der Waals surface area (Å²) < 4.78 is 5.04. The molecule has 1 aliphatic rings. The highest BCUT2D eigenvalue weighted by Crippen LogP contribution is 2.17. The normalized spacial score (nSPS) is 22.3. The number of likely N-dealkylation sites (tertiary alicyclic amines) is 1. The lowest BCUT2D eigenvalue weighted by Gasteiger charge is -2.10. The van der Waals surface area contributed by atoms with Crippen molar-refractivity contribution < 1.29 is 9.53 Å². The summed E-state index contributed by atoms with van der Waals surface area (Å²) >= 11 is 0. The molecule has 0 N–H and O–H groups in total. The molecule has 0 aliphatic carbocycles. The fourth-order valence-corrected chi connectivity index (χ4v) is 1.70. The number of carbonyl (C=O) groups is 1. The van der Waals surface area contributed by atoms with Crippen LogP contribution in [0, 0.1) is 5.92 Å². The van der Waals surface area contributed by atoms with Crippen LogP contribution in [0.15, 0.2) is 12.2 Å². The zero-order valence-corrected chi connectivity index (χ0v) is 9.08. The van der Waals surface area contributed by atoms with Crippen molar-refractivity contribution in [3.63, 3.8) is 0 Å². The lowest BCUT2D eigenvalue weighted by atomic mass is 10.1. The van der Waals surface area contributed by atoms with Gasteiger partial charge in [-0.15, -0.1) is 0 Å². The molecule has 1 aliphatic heterocycles. The maximum Gasteiger partial charge on any atom is 0.333 e. The van der Waals surface area contributed by atoms with Crippen LogP contribution in [0.1, 0.15) is 19.8 Å². The first-order valence-corrected chi connectivity index (χ1v) is 5.10. The van der Waals surface area contributed by atoms with Crippen molar-refractivity contribution in [1.29, 1.82) is 0 Å². The minimum atomic E-state index is -0.267. The molecule has 0 radical (unpaired) electrons. The molecular formula is C11H19NO2. The first-order valence-electron chi connectivity index (χ1n) is 5.10. The molecule has 80 valence electrons. The summed E-state index contributed by atoms with van der Waals surface area (Å²) in [6.07, 6.45) is 2.20. The number of carbonyl (C=O) groups excluding carboxylic acids is 1. The van der Waals surface area contributed by atoms with Crippen molar-refractivity contribution in [2.24, 2.45) is 5.92 Å². The number of rotatable bonds is 4. The van der Waals surface area contributed by atoms with Gasteiger partial charge in [0.2, 0.25) is 0 Å². The molecule has 3 heteroatoms. The summed E-state index contributed by atoms with van der Waals surface area (Å²) in [7, 11) is 2.12. The maximum absolute atomic E-state index is 11.0. The Hall–Kier alpha value is -0.830. The first-order chi connectivity index (χ1) is 6.59. The SMILES string of the molecule is C=C(C)C(=O)OCCC1CCN(C)C1. The zero-order chi connectivity index (χ0) is 10.6. The first kappa shape index (κ1) is 11.2. The average Bonchev–Trinajstić information content (AvgIpc) is 2.51. The van der Waals surface area contributed by atoms with Gasteiger partial charge in [-0.25, -0.2) is 4.79 Å². The molecule has 1 rings (SSSR count). The Morgan fingerprint density at radius 3 is 2.86 bits per heavy atom. The summed E-state index contributed by atoms with van der Waals surface area (Å²) in [5.41, 5.74) is 0.480. The van der Waals surface area contributed by atoms with Gasteiger partial charge in [0, 0.05) is 12.1 Å². The standard InChI is InChI=1S/C11H19NO2/c1-9(2)11(13)14-7-5-10-4-6-12(3)8-10/h10H,1,4-8H2,2-3H3. The largest absolute Gasteiger partial charge is 0.462 e. The van der Waals surface area contributed by atoms with Crippen molar-refractivity contribution in [3.05, 3.63) is 12.2 Å². The van der Waals surface area contributed by atoms with Gasteiger partial charge >= 0.3 is 5.97 Å². The third kappa shape index (κ3) is 3.50. The lowest BCUT2D eigenvalue weighted by molar-refractivity contribution is -0.139. The number of hydrogen-bond acceptors (Lipinski definition) is 3. The van der Waals surface area contributed by atoms with E-state index in [9.17, 15) is 4.79 Å². The topological polar surface area (TPSA) is 29.5 Å². The molecule has 0 aromatic rings. The van der Waals surface area contributed by atoms with E-state index in [4.69, 9.17) is 4.74 Å². The highest BCUT2D eigenvalue weighted by Gasteiger charge is 2.19. The third-order valence-electron chi connectivity index (χ3n) is 2.60. The van der Waals surface area contributed by atoms with Gasteiger partial charge in [0.15, 0.2) is 0 Å². The predicted octanol–water partition coefficient (Wildman–Crippen LogP) is 1.45. The maximum atomic E-state index is 11.0. The molecule has 0 spiro atoms. The van der Waals surface area contributed by atoms with E-state index in [1.54, 1.807) is 6.92 Å². The van der Waals surface area contributed by atoms with E-state index in [1.165, 1.54) is 13.0 Å². The van der Waals surface area contributed by atoms with Crippen LogP contribution in [0.4, 0.5) is 0 Å². The van der Waals surface area contributed by atoms with E-state index in [1.807, 2.05) is 0 Å². The van der Waals surface area contributed by atoms with Gasteiger partial charge < -0.3 is 9.64 Å². The molecule has 14 heavy (non-hydrogen) atoms. The molecule has 0 saturated carbocycles. The Labute approximate surface area is 85.7 Å². The molecular weight excluding hydrogens is 178 g/mol. The fourth-order valence-electron chi connectivity index (χ4n) is 1.70. The molecule has 1 unspecified atom stereocenters. The second-order valence-electron chi connectivity index (χ2n) is 4.12. The van der Waals surface area contributed by atoms with Crippen LogP contribution in [-0.2, 0) is 9.53 Å². The smallest absolute Gasteiger partial charge is 0.333 e. The third-order valence-corrected chi connectivity index (χ3v) is 2.60. The Morgan fingerprint density at radius 2 is 2.36 bits per heavy atom. The number of hydrogen-bond donors (Lipinski definition) is 0. The molecule has 0 aromatic carbocycles. The van der Waals surface area contributed by atoms with Crippen LogP contribution in [0.3, 0.4) is 0 Å². The van der Waals surface area contributed by atoms with E-state index in [0.717, 1.165) is 13.0 Å². The molecule has 0 aromatic heterocycles. The van der Waals surface area contributed by atoms with Crippen molar-refractivity contribution >= 4 is 5.97 Å². The molecule has 1 saturated heterocycles. The summed E-state index contributed by atoms with van der Waals surface area (Å²) in [4.78, 5) is 13.4. The molecule has 1 fully saturated rings. The number of ether oxygens (including phenoxy) is 1. The Bertz CT molecular complexity index is 225. The van der Waals surface area contributed by atoms with E-state index < -0.39 is 0 Å². The minimum absolute atomic E-state index is 0.267. The van der Waals surface area contributed by atoms with Crippen LogP contribution in [0.5, 0.6) is 0 Å². The molecule has 1 heterocycles. The van der Waals surface area contributed by atoms with Crippen LogP contribution >= 0.6 is 0 Å². The monoisotopic (exact) mass is 197 g/mol. The summed E-state index contributed by atoms with van der Waals surface area (Å²) in [6, 6.07) is 0. The highest BCUT2D eigenvalue weighted by molar-refractivity contribution is 5.86. The van der Waals surface area contributed by atoms with Gasteiger partial charge in [0.1, 0.15) is 0 Å². The Kier molecular flexibility index (Phi) is 4.14. The van der Waals surface area contributed by atoms with Crippen molar-refractivity contribution in [2.45, 2.75) is 19.8 Å². The number of esters is 1.